The van der Waals surface area contributed by atoms with Crippen molar-refractivity contribution in [1.29, 1.82) is 0 Å². The van der Waals surface area contributed by atoms with Gasteiger partial charge in [0.2, 0.25) is 0 Å². The van der Waals surface area contributed by atoms with Gasteiger partial charge in [0.15, 0.2) is 5.84 Å². The molecule has 1 heterocycles. The van der Waals surface area contributed by atoms with E-state index in [9.17, 15) is 4.79 Å². The standard InChI is InChI=1S/C11H9Br2N5O2/c12-6-1-5(2-7(13)3-6)11(19)16-10-8(4-15-17-10)9(14)18-20/h1-4,20H,(H2,14,18)(H2,15,16,17,19). The van der Waals surface area contributed by atoms with Gasteiger partial charge in [0.05, 0.1) is 11.8 Å². The Kier molecular flexibility index (Phi) is 4.40. The molecule has 0 saturated carbocycles. The molecule has 0 unspecified atom stereocenters. The smallest absolute Gasteiger partial charge is 0.256 e. The maximum atomic E-state index is 12.1. The summed E-state index contributed by atoms with van der Waals surface area (Å²) in [4.78, 5) is 12.1. The summed E-state index contributed by atoms with van der Waals surface area (Å²) in [5, 5.41) is 20.4. The molecule has 104 valence electrons. The second-order valence-electron chi connectivity index (χ2n) is 3.76. The number of amidine groups is 1. The molecule has 0 aliphatic rings. The number of benzene rings is 1. The van der Waals surface area contributed by atoms with Crippen LogP contribution in [0.15, 0.2) is 38.5 Å². The second-order valence-corrected chi connectivity index (χ2v) is 5.59. The van der Waals surface area contributed by atoms with E-state index in [0.29, 0.717) is 11.1 Å². The quantitative estimate of drug-likeness (QED) is 0.272. The number of nitrogens with one attached hydrogen (secondary N) is 2. The van der Waals surface area contributed by atoms with E-state index in [1.165, 1.54) is 6.20 Å². The molecule has 1 amide bonds. The summed E-state index contributed by atoms with van der Waals surface area (Å²) in [5.74, 6) is -0.255. The molecule has 1 aromatic carbocycles. The van der Waals surface area contributed by atoms with Crippen LogP contribution in [0.5, 0.6) is 0 Å². The molecule has 0 aliphatic carbocycles. The molecule has 7 nitrogen and oxygen atoms in total. The number of aromatic nitrogens is 2. The number of amides is 1. The van der Waals surface area contributed by atoms with Crippen LogP contribution in [0, 0.1) is 0 Å². The highest BCUT2D eigenvalue weighted by Gasteiger charge is 2.14. The lowest BCUT2D eigenvalue weighted by molar-refractivity contribution is 0.102. The van der Waals surface area contributed by atoms with Crippen LogP contribution in [0.3, 0.4) is 0 Å². The van der Waals surface area contributed by atoms with Crippen molar-refractivity contribution in [3.8, 4) is 0 Å². The zero-order valence-corrected chi connectivity index (χ0v) is 13.1. The van der Waals surface area contributed by atoms with E-state index in [2.05, 4.69) is 52.5 Å². The number of carbonyl (C=O) groups excluding carboxylic acids is 1. The average molecular weight is 403 g/mol. The van der Waals surface area contributed by atoms with Gasteiger partial charge in [-0.15, -0.1) is 0 Å². The van der Waals surface area contributed by atoms with Gasteiger partial charge in [0.25, 0.3) is 5.91 Å². The van der Waals surface area contributed by atoms with Gasteiger partial charge >= 0.3 is 0 Å². The Morgan fingerprint density at radius 2 is 2.00 bits per heavy atom. The summed E-state index contributed by atoms with van der Waals surface area (Å²) >= 11 is 6.61. The number of aromatic amines is 1. The van der Waals surface area contributed by atoms with Crippen molar-refractivity contribution in [3.63, 3.8) is 0 Å². The van der Waals surface area contributed by atoms with Gasteiger partial charge in [-0.2, -0.15) is 5.10 Å². The van der Waals surface area contributed by atoms with Crippen molar-refractivity contribution in [3.05, 3.63) is 44.5 Å². The highest BCUT2D eigenvalue weighted by Crippen LogP contribution is 2.21. The molecule has 0 spiro atoms. The van der Waals surface area contributed by atoms with Gasteiger partial charge in [-0.1, -0.05) is 37.0 Å². The number of anilines is 1. The van der Waals surface area contributed by atoms with E-state index in [0.717, 1.165) is 8.95 Å². The maximum absolute atomic E-state index is 12.1. The van der Waals surface area contributed by atoms with E-state index in [-0.39, 0.29) is 17.6 Å². The number of hydrogen-bond donors (Lipinski definition) is 4. The first-order chi connectivity index (χ1) is 9.51. The number of oxime groups is 1. The predicted octanol–water partition coefficient (Wildman–Crippen LogP) is 2.28. The van der Waals surface area contributed by atoms with E-state index < -0.39 is 0 Å². The van der Waals surface area contributed by atoms with E-state index in [1.807, 2.05) is 6.07 Å². The zero-order chi connectivity index (χ0) is 14.7. The molecule has 5 N–H and O–H groups in total. The van der Waals surface area contributed by atoms with Gasteiger partial charge in [-0.25, -0.2) is 0 Å². The highest BCUT2D eigenvalue weighted by atomic mass is 79.9. The molecule has 20 heavy (non-hydrogen) atoms. The Balaban J connectivity index is 2.26. The normalized spacial score (nSPS) is 11.4. The highest BCUT2D eigenvalue weighted by molar-refractivity contribution is 9.11. The number of carbonyl (C=O) groups is 1. The molecule has 0 atom stereocenters. The molecule has 1 aromatic heterocycles. The molecule has 9 heteroatoms. The first-order valence-corrected chi connectivity index (χ1v) is 6.88. The third-order valence-electron chi connectivity index (χ3n) is 2.39. The number of nitrogens with two attached hydrogens (primary N) is 1. The Morgan fingerprint density at radius 1 is 1.35 bits per heavy atom. The first kappa shape index (κ1) is 14.5. The van der Waals surface area contributed by atoms with Gasteiger partial charge in [0.1, 0.15) is 5.82 Å². The van der Waals surface area contributed by atoms with Crippen molar-refractivity contribution in [2.45, 2.75) is 0 Å². The van der Waals surface area contributed by atoms with Gasteiger partial charge in [-0.05, 0) is 18.2 Å². The Morgan fingerprint density at radius 3 is 2.60 bits per heavy atom. The van der Waals surface area contributed by atoms with Crippen molar-refractivity contribution < 1.29 is 10.0 Å². The minimum Gasteiger partial charge on any atom is -0.409 e. The lowest BCUT2D eigenvalue weighted by Gasteiger charge is -2.06. The largest absolute Gasteiger partial charge is 0.409 e. The summed E-state index contributed by atoms with van der Waals surface area (Å²) in [6.07, 6.45) is 1.35. The van der Waals surface area contributed by atoms with Crippen LogP contribution in [-0.4, -0.2) is 27.1 Å². The van der Waals surface area contributed by atoms with Crippen molar-refractivity contribution in [2.75, 3.05) is 5.32 Å². The predicted molar refractivity (Wildman–Crippen MR) is 80.9 cm³/mol. The lowest BCUT2D eigenvalue weighted by Crippen LogP contribution is -2.18. The van der Waals surface area contributed by atoms with Gasteiger partial charge in [-0.3, -0.25) is 9.89 Å². The molecule has 2 rings (SSSR count). The van der Waals surface area contributed by atoms with Crippen LogP contribution in [-0.2, 0) is 0 Å². The van der Waals surface area contributed by atoms with Crippen molar-refractivity contribution >= 4 is 49.4 Å². The third-order valence-corrected chi connectivity index (χ3v) is 3.30. The molecular formula is C11H9Br2N5O2. The fourth-order valence-corrected chi connectivity index (χ4v) is 2.79. The van der Waals surface area contributed by atoms with Crippen LogP contribution in [0.2, 0.25) is 0 Å². The van der Waals surface area contributed by atoms with E-state index in [4.69, 9.17) is 10.9 Å². The maximum Gasteiger partial charge on any atom is 0.256 e. The minimum atomic E-state index is -0.358. The summed E-state index contributed by atoms with van der Waals surface area (Å²) < 4.78 is 1.52. The fourth-order valence-electron chi connectivity index (χ4n) is 1.50. The molecular weight excluding hydrogens is 394 g/mol. The summed E-state index contributed by atoms with van der Waals surface area (Å²) in [5.41, 5.74) is 6.21. The van der Waals surface area contributed by atoms with Crippen LogP contribution >= 0.6 is 31.9 Å². The number of rotatable bonds is 3. The Labute approximate surface area is 130 Å². The van der Waals surface area contributed by atoms with Crippen molar-refractivity contribution in [1.82, 2.24) is 10.2 Å². The van der Waals surface area contributed by atoms with Crippen LogP contribution in [0.25, 0.3) is 0 Å². The minimum absolute atomic E-state index is 0.149. The lowest BCUT2D eigenvalue weighted by atomic mass is 10.2. The molecule has 0 saturated heterocycles. The van der Waals surface area contributed by atoms with Crippen LogP contribution in [0.4, 0.5) is 5.82 Å². The molecule has 0 fully saturated rings. The Bertz CT molecular complexity index is 663. The molecule has 0 radical (unpaired) electrons. The number of hydrogen-bond acceptors (Lipinski definition) is 4. The van der Waals surface area contributed by atoms with Crippen molar-refractivity contribution in [2.24, 2.45) is 10.9 Å². The van der Waals surface area contributed by atoms with Gasteiger partial charge in [0, 0.05) is 14.5 Å². The zero-order valence-electron chi connectivity index (χ0n) is 9.89. The first-order valence-electron chi connectivity index (χ1n) is 5.30. The fraction of sp³-hybridized carbons (Fsp3) is 0. The molecule has 2 aromatic rings. The molecule has 0 bridgehead atoms. The second kappa shape index (κ2) is 6.06. The van der Waals surface area contributed by atoms with Gasteiger partial charge < -0.3 is 16.3 Å². The summed E-state index contributed by atoms with van der Waals surface area (Å²) in [7, 11) is 0. The number of halogens is 2. The monoisotopic (exact) mass is 401 g/mol. The van der Waals surface area contributed by atoms with Crippen LogP contribution < -0.4 is 11.1 Å². The van der Waals surface area contributed by atoms with E-state index >= 15 is 0 Å². The Hall–Kier alpha value is -1.87. The van der Waals surface area contributed by atoms with E-state index in [1.54, 1.807) is 12.1 Å². The third kappa shape index (κ3) is 3.17. The summed E-state index contributed by atoms with van der Waals surface area (Å²) in [6.45, 7) is 0. The SMILES string of the molecule is N/C(=N/O)c1cn[nH]c1NC(=O)c1cc(Br)cc(Br)c1. The average Bonchev–Trinajstić information content (AvgIpc) is 2.84. The molecule has 0 aliphatic heterocycles. The van der Waals surface area contributed by atoms with Crippen LogP contribution in [0.1, 0.15) is 15.9 Å². The number of H-pyrrole nitrogens is 1. The topological polar surface area (TPSA) is 116 Å². The number of nitrogens with zero attached hydrogens (tertiary/aromatic N) is 2. The summed E-state index contributed by atoms with van der Waals surface area (Å²) in [6, 6.07) is 5.15.